The number of aliphatic imine (C=N–C) groups is 1. The van der Waals surface area contributed by atoms with Crippen LogP contribution in [-0.2, 0) is 9.53 Å². The van der Waals surface area contributed by atoms with Gasteiger partial charge in [-0.05, 0) is 34.6 Å². The van der Waals surface area contributed by atoms with E-state index >= 15 is 0 Å². The Morgan fingerprint density at radius 2 is 2.04 bits per heavy atom. The number of carbonyl (C=O) groups excluding carboxylic acids is 1. The molecule has 0 aromatic heterocycles. The second-order valence-corrected chi connectivity index (χ2v) is 6.63. The zero-order valence-corrected chi connectivity index (χ0v) is 16.9. The fraction of sp³-hybridized carbons (Fsp3) is 0.889. The van der Waals surface area contributed by atoms with Crippen LogP contribution in [0.3, 0.4) is 0 Å². The van der Waals surface area contributed by atoms with Gasteiger partial charge >= 0.3 is 0 Å². The van der Waals surface area contributed by atoms with Gasteiger partial charge in [0.05, 0.1) is 26.3 Å². The molecule has 1 saturated heterocycles. The zero-order chi connectivity index (χ0) is 18.8. The molecular weight excluding hydrogens is 318 g/mol. The molecule has 0 aromatic carbocycles. The lowest BCUT2D eigenvalue weighted by atomic mass is 10.2. The molecule has 7 nitrogen and oxygen atoms in total. The Morgan fingerprint density at radius 1 is 1.36 bits per heavy atom. The van der Waals surface area contributed by atoms with E-state index in [0.717, 1.165) is 45.4 Å². The van der Waals surface area contributed by atoms with E-state index in [2.05, 4.69) is 24.1 Å². The van der Waals surface area contributed by atoms with E-state index in [-0.39, 0.29) is 5.91 Å². The summed E-state index contributed by atoms with van der Waals surface area (Å²) in [6.07, 6.45) is 0. The van der Waals surface area contributed by atoms with Crippen molar-refractivity contribution < 1.29 is 9.53 Å². The van der Waals surface area contributed by atoms with Crippen molar-refractivity contribution in [1.29, 1.82) is 0 Å². The van der Waals surface area contributed by atoms with Crippen LogP contribution < -0.4 is 5.32 Å². The van der Waals surface area contributed by atoms with Gasteiger partial charge in [-0.3, -0.25) is 14.7 Å². The van der Waals surface area contributed by atoms with Gasteiger partial charge in [0, 0.05) is 45.3 Å². The molecule has 0 radical (unpaired) electrons. The Labute approximate surface area is 153 Å². The van der Waals surface area contributed by atoms with Crippen LogP contribution in [0, 0.1) is 0 Å². The first kappa shape index (κ1) is 21.7. The van der Waals surface area contributed by atoms with Crippen molar-refractivity contribution in [1.82, 2.24) is 20.0 Å². The molecule has 1 heterocycles. The second kappa shape index (κ2) is 11.3. The van der Waals surface area contributed by atoms with Gasteiger partial charge in [-0.15, -0.1) is 0 Å². The maximum atomic E-state index is 12.3. The Bertz CT molecular complexity index is 426. The number of guanidine groups is 1. The van der Waals surface area contributed by atoms with E-state index < -0.39 is 0 Å². The summed E-state index contributed by atoms with van der Waals surface area (Å²) < 4.78 is 5.51. The van der Waals surface area contributed by atoms with Crippen molar-refractivity contribution >= 4 is 11.9 Å². The highest BCUT2D eigenvalue weighted by atomic mass is 16.5. The van der Waals surface area contributed by atoms with E-state index in [4.69, 9.17) is 9.73 Å². The van der Waals surface area contributed by atoms with E-state index in [1.807, 2.05) is 37.6 Å². The summed E-state index contributed by atoms with van der Waals surface area (Å²) in [5, 5.41) is 3.29. The van der Waals surface area contributed by atoms with Crippen LogP contribution in [-0.4, -0.2) is 98.2 Å². The minimum Gasteiger partial charge on any atom is -0.379 e. The van der Waals surface area contributed by atoms with Gasteiger partial charge in [-0.1, -0.05) is 0 Å². The van der Waals surface area contributed by atoms with Gasteiger partial charge < -0.3 is 19.9 Å². The van der Waals surface area contributed by atoms with Crippen molar-refractivity contribution in [3.8, 4) is 0 Å². The Balaban J connectivity index is 2.66. The number of nitrogens with one attached hydrogen (secondary N) is 1. The molecule has 1 aliphatic heterocycles. The molecule has 7 heteroatoms. The average molecular weight is 356 g/mol. The molecule has 2 unspecified atom stereocenters. The Hall–Kier alpha value is -1.34. The number of rotatable bonds is 8. The lowest BCUT2D eigenvalue weighted by Crippen LogP contribution is -2.50. The minimum absolute atomic E-state index is 0.132. The van der Waals surface area contributed by atoms with E-state index in [9.17, 15) is 4.79 Å². The summed E-state index contributed by atoms with van der Waals surface area (Å²) in [6, 6.07) is 0.767. The average Bonchev–Trinajstić information content (AvgIpc) is 2.59. The van der Waals surface area contributed by atoms with E-state index in [1.165, 1.54) is 0 Å². The van der Waals surface area contributed by atoms with Gasteiger partial charge in [0.25, 0.3) is 0 Å². The van der Waals surface area contributed by atoms with Crippen LogP contribution in [0.1, 0.15) is 34.6 Å². The molecule has 146 valence electrons. The number of ether oxygens (including phenoxy) is 1. The summed E-state index contributed by atoms with van der Waals surface area (Å²) in [7, 11) is 1.92. The molecule has 0 aliphatic carbocycles. The van der Waals surface area contributed by atoms with E-state index in [0.29, 0.717) is 25.2 Å². The van der Waals surface area contributed by atoms with Crippen molar-refractivity contribution in [3.63, 3.8) is 0 Å². The third kappa shape index (κ3) is 6.82. The van der Waals surface area contributed by atoms with Crippen LogP contribution in [0.25, 0.3) is 0 Å². The lowest BCUT2D eigenvalue weighted by Gasteiger charge is -2.37. The first-order valence-corrected chi connectivity index (χ1v) is 9.55. The van der Waals surface area contributed by atoms with Crippen LogP contribution in [0.2, 0.25) is 0 Å². The molecule has 1 rings (SSSR count). The van der Waals surface area contributed by atoms with Gasteiger partial charge in [-0.2, -0.15) is 0 Å². The van der Waals surface area contributed by atoms with Crippen LogP contribution in [0.4, 0.5) is 0 Å². The van der Waals surface area contributed by atoms with Crippen molar-refractivity contribution in [2.45, 2.75) is 46.7 Å². The quantitative estimate of drug-likeness (QED) is 0.517. The zero-order valence-electron chi connectivity index (χ0n) is 16.9. The number of hydrogen-bond acceptors (Lipinski definition) is 4. The van der Waals surface area contributed by atoms with Crippen molar-refractivity contribution in [2.75, 3.05) is 59.5 Å². The molecule has 2 atom stereocenters. The van der Waals surface area contributed by atoms with Gasteiger partial charge in [0.1, 0.15) is 0 Å². The number of hydrogen-bond donors (Lipinski definition) is 1. The molecule has 0 saturated carbocycles. The molecule has 1 N–H and O–H groups in total. The standard InChI is InChI=1S/C18H37N5O2/c1-7-19-18(21(6)13-17(24)22(8-2)9-3)20-12-15(4)23-10-11-25-14-16(23)5/h15-16H,7-14H2,1-6H3,(H,19,20). The number of nitrogens with zero attached hydrogens (tertiary/aromatic N) is 4. The molecule has 25 heavy (non-hydrogen) atoms. The largest absolute Gasteiger partial charge is 0.379 e. The van der Waals surface area contributed by atoms with E-state index in [1.54, 1.807) is 0 Å². The number of likely N-dealkylation sites (N-methyl/N-ethyl adjacent to an activating group) is 2. The smallest absolute Gasteiger partial charge is 0.242 e. The number of morpholine rings is 1. The highest BCUT2D eigenvalue weighted by molar-refractivity contribution is 5.86. The molecule has 0 bridgehead atoms. The molecule has 0 aromatic rings. The fourth-order valence-corrected chi connectivity index (χ4v) is 3.14. The summed E-state index contributed by atoms with van der Waals surface area (Å²) in [6.45, 7) is 16.3. The molecule has 1 amide bonds. The van der Waals surface area contributed by atoms with Crippen LogP contribution in [0.5, 0.6) is 0 Å². The first-order chi connectivity index (χ1) is 11.9. The SMILES string of the molecule is CCNC(=NCC(C)N1CCOCC1C)N(C)CC(=O)N(CC)CC. The second-order valence-electron chi connectivity index (χ2n) is 6.63. The summed E-state index contributed by atoms with van der Waals surface area (Å²) in [5.41, 5.74) is 0. The highest BCUT2D eigenvalue weighted by Crippen LogP contribution is 2.11. The molecule has 1 aliphatic rings. The van der Waals surface area contributed by atoms with Crippen molar-refractivity contribution in [2.24, 2.45) is 4.99 Å². The van der Waals surface area contributed by atoms with Gasteiger partial charge in [0.15, 0.2) is 5.96 Å². The van der Waals surface area contributed by atoms with Gasteiger partial charge in [0.2, 0.25) is 5.91 Å². The normalized spacial score (nSPS) is 20.2. The van der Waals surface area contributed by atoms with Crippen molar-refractivity contribution in [3.05, 3.63) is 0 Å². The molecular formula is C18H37N5O2. The maximum absolute atomic E-state index is 12.3. The summed E-state index contributed by atoms with van der Waals surface area (Å²) in [4.78, 5) is 23.3. The Kier molecular flexibility index (Phi) is 9.82. The van der Waals surface area contributed by atoms with Crippen LogP contribution >= 0.6 is 0 Å². The summed E-state index contributed by atoms with van der Waals surface area (Å²) >= 11 is 0. The third-order valence-corrected chi connectivity index (χ3v) is 4.68. The summed E-state index contributed by atoms with van der Waals surface area (Å²) in [5.74, 6) is 0.920. The molecule has 0 spiro atoms. The molecule has 1 fully saturated rings. The van der Waals surface area contributed by atoms with Gasteiger partial charge in [-0.25, -0.2) is 0 Å². The number of carbonyl (C=O) groups is 1. The fourth-order valence-electron chi connectivity index (χ4n) is 3.14. The number of amides is 1. The topological polar surface area (TPSA) is 60.4 Å². The predicted molar refractivity (Wildman–Crippen MR) is 103 cm³/mol. The minimum atomic E-state index is 0.132. The first-order valence-electron chi connectivity index (χ1n) is 9.55. The maximum Gasteiger partial charge on any atom is 0.242 e. The van der Waals surface area contributed by atoms with Crippen LogP contribution in [0.15, 0.2) is 4.99 Å². The lowest BCUT2D eigenvalue weighted by molar-refractivity contribution is -0.131. The predicted octanol–water partition coefficient (Wildman–Crippen LogP) is 0.861. The third-order valence-electron chi connectivity index (χ3n) is 4.68. The Morgan fingerprint density at radius 3 is 2.60 bits per heavy atom. The highest BCUT2D eigenvalue weighted by Gasteiger charge is 2.23. The monoisotopic (exact) mass is 355 g/mol.